The number of nitrogens with zero attached hydrogens (tertiary/aromatic N) is 1. The molecular formula is C15H18N2O3S. The minimum absolute atomic E-state index is 0.0701. The van der Waals surface area contributed by atoms with Gasteiger partial charge in [0.15, 0.2) is 5.13 Å². The largest absolute Gasteiger partial charge is 0.469 e. The lowest BCUT2D eigenvalue weighted by molar-refractivity contribution is -0.140. The zero-order valence-corrected chi connectivity index (χ0v) is 12.7. The number of fused-ring (bicyclic) bond motifs is 2. The summed E-state index contributed by atoms with van der Waals surface area (Å²) in [5, 5.41) is 5.40. The number of ether oxygens (including phenoxy) is 1. The molecule has 112 valence electrons. The quantitative estimate of drug-likeness (QED) is 0.670. The van der Waals surface area contributed by atoms with Crippen LogP contribution in [-0.4, -0.2) is 24.0 Å². The number of aromatic nitrogens is 1. The molecule has 2 aliphatic carbocycles. The molecule has 1 amide bonds. The maximum Gasteiger partial charge on any atom is 0.305 e. The van der Waals surface area contributed by atoms with Crippen LogP contribution in [0.25, 0.3) is 0 Å². The molecule has 6 heteroatoms. The average molecular weight is 306 g/mol. The van der Waals surface area contributed by atoms with Crippen molar-refractivity contribution in [2.24, 2.45) is 17.8 Å². The highest BCUT2D eigenvalue weighted by atomic mass is 32.1. The number of rotatable bonds is 5. The van der Waals surface area contributed by atoms with Crippen LogP contribution in [0.15, 0.2) is 17.5 Å². The van der Waals surface area contributed by atoms with E-state index in [-0.39, 0.29) is 17.8 Å². The van der Waals surface area contributed by atoms with Gasteiger partial charge in [-0.2, -0.15) is 0 Å². The summed E-state index contributed by atoms with van der Waals surface area (Å²) >= 11 is 1.40. The predicted molar refractivity (Wildman–Crippen MR) is 79.9 cm³/mol. The van der Waals surface area contributed by atoms with Gasteiger partial charge in [0.05, 0.1) is 19.2 Å². The van der Waals surface area contributed by atoms with E-state index in [0.717, 1.165) is 18.5 Å². The second kappa shape index (κ2) is 5.97. The average Bonchev–Trinajstić information content (AvgIpc) is 3.20. The number of nitrogens with one attached hydrogen (secondary N) is 1. The van der Waals surface area contributed by atoms with E-state index in [2.05, 4.69) is 27.2 Å². The first-order chi connectivity index (χ1) is 10.2. The SMILES string of the molecule is COC(=O)CCc1csc(NC(=O)C2CC3C=CC2C3)n1. The topological polar surface area (TPSA) is 68.3 Å². The number of aryl methyl sites for hydroxylation is 1. The van der Waals surface area contributed by atoms with E-state index in [4.69, 9.17) is 0 Å². The first-order valence-electron chi connectivity index (χ1n) is 7.16. The van der Waals surface area contributed by atoms with Gasteiger partial charge >= 0.3 is 5.97 Å². The molecule has 2 aliphatic rings. The Bertz CT molecular complexity index is 581. The standard InChI is InChI=1S/C15H18N2O3S/c1-20-13(18)5-4-11-8-21-15(16-11)17-14(19)12-7-9-2-3-10(12)6-9/h2-3,8-10,12H,4-7H2,1H3,(H,16,17,19). The Kier molecular flexibility index (Phi) is 4.05. The van der Waals surface area contributed by atoms with Crippen molar-refractivity contribution < 1.29 is 14.3 Å². The van der Waals surface area contributed by atoms with Gasteiger partial charge < -0.3 is 10.1 Å². The molecule has 3 unspecified atom stereocenters. The summed E-state index contributed by atoms with van der Waals surface area (Å²) in [4.78, 5) is 27.7. The van der Waals surface area contributed by atoms with Crippen molar-refractivity contribution in [3.8, 4) is 0 Å². The third-order valence-electron chi connectivity index (χ3n) is 4.21. The van der Waals surface area contributed by atoms with E-state index < -0.39 is 0 Å². The van der Waals surface area contributed by atoms with Crippen molar-refractivity contribution in [3.05, 3.63) is 23.2 Å². The third-order valence-corrected chi connectivity index (χ3v) is 5.02. The van der Waals surface area contributed by atoms with Crippen LogP contribution in [0.5, 0.6) is 0 Å². The number of hydrogen-bond donors (Lipinski definition) is 1. The molecule has 21 heavy (non-hydrogen) atoms. The van der Waals surface area contributed by atoms with E-state index in [1.807, 2.05) is 5.38 Å². The number of amides is 1. The molecule has 3 rings (SSSR count). The normalized spacial score (nSPS) is 26.0. The van der Waals surface area contributed by atoms with Crippen LogP contribution in [0, 0.1) is 17.8 Å². The molecule has 1 saturated carbocycles. The zero-order valence-electron chi connectivity index (χ0n) is 11.9. The second-order valence-electron chi connectivity index (χ2n) is 5.60. The van der Waals surface area contributed by atoms with Gasteiger partial charge in [0.1, 0.15) is 0 Å². The van der Waals surface area contributed by atoms with Crippen LogP contribution >= 0.6 is 11.3 Å². The molecule has 2 bridgehead atoms. The Hall–Kier alpha value is -1.69. The van der Waals surface area contributed by atoms with E-state index >= 15 is 0 Å². The van der Waals surface area contributed by atoms with Crippen molar-refractivity contribution in [1.82, 2.24) is 4.98 Å². The highest BCUT2D eigenvalue weighted by Gasteiger charge is 2.39. The summed E-state index contributed by atoms with van der Waals surface area (Å²) in [6.45, 7) is 0. The second-order valence-corrected chi connectivity index (χ2v) is 6.45. The van der Waals surface area contributed by atoms with Crippen LogP contribution < -0.4 is 5.32 Å². The summed E-state index contributed by atoms with van der Waals surface area (Å²) in [7, 11) is 1.37. The molecule has 1 fully saturated rings. The number of anilines is 1. The lowest BCUT2D eigenvalue weighted by Gasteiger charge is -2.16. The summed E-state index contributed by atoms with van der Waals surface area (Å²) in [5.41, 5.74) is 0.813. The van der Waals surface area contributed by atoms with Crippen LogP contribution in [-0.2, 0) is 20.7 Å². The van der Waals surface area contributed by atoms with Crippen LogP contribution in [0.3, 0.4) is 0 Å². The van der Waals surface area contributed by atoms with Crippen molar-refractivity contribution >= 4 is 28.3 Å². The number of esters is 1. The Morgan fingerprint density at radius 2 is 2.29 bits per heavy atom. The van der Waals surface area contributed by atoms with Gasteiger partial charge in [-0.1, -0.05) is 12.2 Å². The first-order valence-corrected chi connectivity index (χ1v) is 8.04. The minimum Gasteiger partial charge on any atom is -0.469 e. The number of thiazole rings is 1. The summed E-state index contributed by atoms with van der Waals surface area (Å²) in [6, 6.07) is 0. The number of carbonyl (C=O) groups is 2. The first kappa shape index (κ1) is 14.3. The maximum absolute atomic E-state index is 12.3. The molecule has 3 atom stereocenters. The van der Waals surface area contributed by atoms with Crippen molar-refractivity contribution in [2.75, 3.05) is 12.4 Å². The van der Waals surface area contributed by atoms with E-state index in [1.165, 1.54) is 18.4 Å². The number of hydrogen-bond acceptors (Lipinski definition) is 5. The van der Waals surface area contributed by atoms with Gasteiger partial charge in [-0.25, -0.2) is 4.98 Å². The van der Waals surface area contributed by atoms with Crippen LogP contribution in [0.2, 0.25) is 0 Å². The smallest absolute Gasteiger partial charge is 0.305 e. The fourth-order valence-electron chi connectivity index (χ4n) is 3.09. The van der Waals surface area contributed by atoms with Crippen molar-refractivity contribution in [3.63, 3.8) is 0 Å². The lowest BCUT2D eigenvalue weighted by atomic mass is 9.93. The fourth-order valence-corrected chi connectivity index (χ4v) is 3.84. The number of methoxy groups -OCH3 is 1. The van der Waals surface area contributed by atoms with E-state index in [0.29, 0.717) is 29.8 Å². The molecule has 0 spiro atoms. The number of carbonyl (C=O) groups excluding carboxylic acids is 2. The monoisotopic (exact) mass is 306 g/mol. The molecule has 0 radical (unpaired) electrons. The molecule has 1 heterocycles. The van der Waals surface area contributed by atoms with Crippen LogP contribution in [0.4, 0.5) is 5.13 Å². The van der Waals surface area contributed by atoms with Crippen molar-refractivity contribution in [1.29, 1.82) is 0 Å². The molecule has 1 aromatic heterocycles. The molecule has 1 N–H and O–H groups in total. The molecular weight excluding hydrogens is 288 g/mol. The van der Waals surface area contributed by atoms with Crippen LogP contribution in [0.1, 0.15) is 25.0 Å². The van der Waals surface area contributed by atoms with Gasteiger partial charge in [-0.3, -0.25) is 9.59 Å². The minimum atomic E-state index is -0.248. The predicted octanol–water partition coefficient (Wildman–Crippen LogP) is 2.40. The van der Waals surface area contributed by atoms with Crippen molar-refractivity contribution in [2.45, 2.75) is 25.7 Å². The highest BCUT2D eigenvalue weighted by Crippen LogP contribution is 2.43. The Labute approximate surface area is 127 Å². The highest BCUT2D eigenvalue weighted by molar-refractivity contribution is 7.13. The van der Waals surface area contributed by atoms with Gasteiger partial charge in [0.25, 0.3) is 0 Å². The lowest BCUT2D eigenvalue weighted by Crippen LogP contribution is -2.25. The molecule has 0 saturated heterocycles. The fraction of sp³-hybridized carbons (Fsp3) is 0.533. The van der Waals surface area contributed by atoms with Gasteiger partial charge in [0, 0.05) is 17.7 Å². The van der Waals surface area contributed by atoms with Gasteiger partial charge in [0.2, 0.25) is 5.91 Å². The molecule has 0 aromatic carbocycles. The Balaban J connectivity index is 1.53. The summed E-state index contributed by atoms with van der Waals surface area (Å²) in [5.74, 6) is 0.886. The molecule has 1 aromatic rings. The molecule has 0 aliphatic heterocycles. The maximum atomic E-state index is 12.3. The van der Waals surface area contributed by atoms with Gasteiger partial charge in [-0.05, 0) is 24.7 Å². The summed E-state index contributed by atoms with van der Waals surface area (Å²) < 4.78 is 4.60. The van der Waals surface area contributed by atoms with E-state index in [1.54, 1.807) is 0 Å². The third kappa shape index (κ3) is 3.15. The Morgan fingerprint density at radius 1 is 1.43 bits per heavy atom. The zero-order chi connectivity index (χ0) is 14.8. The van der Waals surface area contributed by atoms with Gasteiger partial charge in [-0.15, -0.1) is 11.3 Å². The molecule has 5 nitrogen and oxygen atoms in total. The number of allylic oxidation sites excluding steroid dienone is 2. The summed E-state index contributed by atoms with van der Waals surface area (Å²) in [6.07, 6.45) is 7.30. The van der Waals surface area contributed by atoms with E-state index in [9.17, 15) is 9.59 Å². The Morgan fingerprint density at radius 3 is 2.95 bits per heavy atom.